The molecule has 8 nitrogen and oxygen atoms in total. The van der Waals surface area contributed by atoms with E-state index in [4.69, 9.17) is 4.74 Å². The normalized spacial score (nSPS) is 18.3. The monoisotopic (exact) mass is 363 g/mol. The Labute approximate surface area is 152 Å². The van der Waals surface area contributed by atoms with Crippen LogP contribution in [0.4, 0.5) is 10.5 Å². The van der Waals surface area contributed by atoms with Crippen LogP contribution in [0.3, 0.4) is 0 Å². The lowest BCUT2D eigenvalue weighted by Gasteiger charge is -2.28. The molecule has 2 rings (SSSR count). The average Bonchev–Trinajstić information content (AvgIpc) is 3.03. The van der Waals surface area contributed by atoms with Gasteiger partial charge in [0.2, 0.25) is 5.91 Å². The highest BCUT2D eigenvalue weighted by atomic mass is 16.6. The van der Waals surface area contributed by atoms with Crippen LogP contribution in [0.1, 0.15) is 52.1 Å². The van der Waals surface area contributed by atoms with Gasteiger partial charge >= 0.3 is 6.09 Å². The van der Waals surface area contributed by atoms with Crippen molar-refractivity contribution in [3.05, 3.63) is 39.9 Å². The Morgan fingerprint density at radius 2 is 1.92 bits per heavy atom. The van der Waals surface area contributed by atoms with E-state index in [1.165, 1.54) is 17.0 Å². The molecule has 1 saturated heterocycles. The van der Waals surface area contributed by atoms with Gasteiger partial charge in [-0.25, -0.2) is 4.79 Å². The Bertz CT molecular complexity index is 681. The number of ether oxygens (including phenoxy) is 1. The Kier molecular flexibility index (Phi) is 5.84. The van der Waals surface area contributed by atoms with Crippen LogP contribution in [0.5, 0.6) is 0 Å². The van der Waals surface area contributed by atoms with Crippen LogP contribution < -0.4 is 5.32 Å². The van der Waals surface area contributed by atoms with Crippen molar-refractivity contribution in [3.63, 3.8) is 0 Å². The second-order valence-electron chi connectivity index (χ2n) is 7.41. The molecule has 0 radical (unpaired) electrons. The lowest BCUT2D eigenvalue weighted by Crippen LogP contribution is -2.48. The fourth-order valence-electron chi connectivity index (χ4n) is 2.86. The van der Waals surface area contributed by atoms with E-state index >= 15 is 0 Å². The van der Waals surface area contributed by atoms with Gasteiger partial charge in [0.25, 0.3) is 5.69 Å². The lowest BCUT2D eigenvalue weighted by molar-refractivity contribution is -0.384. The van der Waals surface area contributed by atoms with Gasteiger partial charge in [-0.1, -0.05) is 12.1 Å². The number of nitro groups is 1. The fourth-order valence-corrected chi connectivity index (χ4v) is 2.86. The number of carbonyl (C=O) groups is 2. The van der Waals surface area contributed by atoms with E-state index in [-0.39, 0.29) is 17.6 Å². The first-order valence-electron chi connectivity index (χ1n) is 8.63. The Balaban J connectivity index is 2.01. The molecule has 1 aromatic rings. The van der Waals surface area contributed by atoms with E-state index in [1.54, 1.807) is 39.8 Å². The molecular weight excluding hydrogens is 338 g/mol. The van der Waals surface area contributed by atoms with Crippen LogP contribution >= 0.6 is 0 Å². The standard InChI is InChI=1S/C18H25N3O5/c1-12(13-7-9-14(10-8-13)21(24)25)19-16(22)15-6-5-11-20(15)17(23)26-18(2,3)4/h7-10,12,15H,5-6,11H2,1-4H3,(H,19,22). The molecule has 1 aliphatic rings. The molecule has 1 aromatic carbocycles. The van der Waals surface area contributed by atoms with Crippen molar-refractivity contribution in [1.29, 1.82) is 0 Å². The zero-order valence-corrected chi connectivity index (χ0v) is 15.5. The number of rotatable bonds is 4. The molecule has 2 unspecified atom stereocenters. The van der Waals surface area contributed by atoms with Crippen LogP contribution in [0, 0.1) is 10.1 Å². The molecule has 0 spiro atoms. The molecule has 26 heavy (non-hydrogen) atoms. The number of benzene rings is 1. The summed E-state index contributed by atoms with van der Waals surface area (Å²) >= 11 is 0. The predicted molar refractivity (Wildman–Crippen MR) is 95.6 cm³/mol. The molecule has 8 heteroatoms. The average molecular weight is 363 g/mol. The van der Waals surface area contributed by atoms with Gasteiger partial charge in [-0.2, -0.15) is 0 Å². The summed E-state index contributed by atoms with van der Waals surface area (Å²) in [6.07, 6.45) is 0.833. The number of amides is 2. The van der Waals surface area contributed by atoms with Crippen molar-refractivity contribution in [3.8, 4) is 0 Å². The van der Waals surface area contributed by atoms with Crippen molar-refractivity contribution < 1.29 is 19.2 Å². The number of hydrogen-bond acceptors (Lipinski definition) is 5. The maximum atomic E-state index is 12.6. The maximum absolute atomic E-state index is 12.6. The number of likely N-dealkylation sites (tertiary alicyclic amines) is 1. The van der Waals surface area contributed by atoms with Crippen molar-refractivity contribution in [1.82, 2.24) is 10.2 Å². The van der Waals surface area contributed by atoms with E-state index in [1.807, 2.05) is 0 Å². The Hall–Kier alpha value is -2.64. The number of carbonyl (C=O) groups excluding carboxylic acids is 2. The van der Waals surface area contributed by atoms with Gasteiger partial charge in [0.05, 0.1) is 11.0 Å². The fraction of sp³-hybridized carbons (Fsp3) is 0.556. The van der Waals surface area contributed by atoms with Gasteiger partial charge in [-0.15, -0.1) is 0 Å². The molecule has 2 amide bonds. The summed E-state index contributed by atoms with van der Waals surface area (Å²) in [5.74, 6) is -0.251. The van der Waals surface area contributed by atoms with E-state index in [9.17, 15) is 19.7 Å². The summed E-state index contributed by atoms with van der Waals surface area (Å²) in [5.41, 5.74) is 0.136. The smallest absolute Gasteiger partial charge is 0.410 e. The number of non-ortho nitro benzene ring substituents is 1. The van der Waals surface area contributed by atoms with Crippen LogP contribution in [0.2, 0.25) is 0 Å². The van der Waals surface area contributed by atoms with Crippen LogP contribution in [0.15, 0.2) is 24.3 Å². The highest BCUT2D eigenvalue weighted by molar-refractivity contribution is 5.86. The highest BCUT2D eigenvalue weighted by Crippen LogP contribution is 2.23. The predicted octanol–water partition coefficient (Wildman–Crippen LogP) is 3.17. The van der Waals surface area contributed by atoms with Gasteiger partial charge < -0.3 is 10.1 Å². The highest BCUT2D eigenvalue weighted by Gasteiger charge is 2.37. The van der Waals surface area contributed by atoms with Gasteiger partial charge in [-0.05, 0) is 46.1 Å². The van der Waals surface area contributed by atoms with Crippen molar-refractivity contribution >= 4 is 17.7 Å². The zero-order valence-electron chi connectivity index (χ0n) is 15.5. The summed E-state index contributed by atoms with van der Waals surface area (Å²) in [7, 11) is 0. The summed E-state index contributed by atoms with van der Waals surface area (Å²) in [4.78, 5) is 36.6. The van der Waals surface area contributed by atoms with Gasteiger partial charge in [0, 0.05) is 18.7 Å². The maximum Gasteiger partial charge on any atom is 0.410 e. The third-order valence-corrected chi connectivity index (χ3v) is 4.15. The van der Waals surface area contributed by atoms with Gasteiger partial charge in [0.1, 0.15) is 11.6 Å². The van der Waals surface area contributed by atoms with Crippen LogP contribution in [0.25, 0.3) is 0 Å². The van der Waals surface area contributed by atoms with Crippen molar-refractivity contribution in [2.24, 2.45) is 0 Å². The quantitative estimate of drug-likeness (QED) is 0.654. The molecule has 0 bridgehead atoms. The minimum Gasteiger partial charge on any atom is -0.444 e. The molecular formula is C18H25N3O5. The molecule has 1 fully saturated rings. The summed E-state index contributed by atoms with van der Waals surface area (Å²) in [5, 5.41) is 13.6. The van der Waals surface area contributed by atoms with E-state index in [0.717, 1.165) is 12.0 Å². The third kappa shape index (κ3) is 4.93. The minimum absolute atomic E-state index is 0.000768. The molecule has 142 valence electrons. The molecule has 0 aromatic heterocycles. The Morgan fingerprint density at radius 3 is 2.46 bits per heavy atom. The third-order valence-electron chi connectivity index (χ3n) is 4.15. The van der Waals surface area contributed by atoms with Crippen molar-refractivity contribution in [2.75, 3.05) is 6.54 Å². The molecule has 2 atom stereocenters. The summed E-state index contributed by atoms with van der Waals surface area (Å²) in [6.45, 7) is 7.64. The lowest BCUT2D eigenvalue weighted by atomic mass is 10.1. The van der Waals surface area contributed by atoms with Crippen LogP contribution in [-0.2, 0) is 9.53 Å². The second kappa shape index (κ2) is 7.72. The van der Waals surface area contributed by atoms with Gasteiger partial charge in [0.15, 0.2) is 0 Å². The number of nitrogens with zero attached hydrogens (tertiary/aromatic N) is 2. The largest absolute Gasteiger partial charge is 0.444 e. The minimum atomic E-state index is -0.618. The number of hydrogen-bond donors (Lipinski definition) is 1. The topological polar surface area (TPSA) is 102 Å². The first-order valence-corrected chi connectivity index (χ1v) is 8.63. The van der Waals surface area contributed by atoms with E-state index < -0.39 is 22.7 Å². The number of nitrogens with one attached hydrogen (secondary N) is 1. The van der Waals surface area contributed by atoms with E-state index in [0.29, 0.717) is 13.0 Å². The number of nitro benzene ring substituents is 1. The first-order chi connectivity index (χ1) is 12.1. The second-order valence-corrected chi connectivity index (χ2v) is 7.41. The first kappa shape index (κ1) is 19.7. The molecule has 0 saturated carbocycles. The Morgan fingerprint density at radius 1 is 1.31 bits per heavy atom. The zero-order chi connectivity index (χ0) is 19.5. The van der Waals surface area contributed by atoms with Crippen molar-refractivity contribution in [2.45, 2.75) is 58.2 Å². The molecule has 1 aliphatic heterocycles. The molecule has 1 N–H and O–H groups in total. The van der Waals surface area contributed by atoms with Gasteiger partial charge in [-0.3, -0.25) is 19.8 Å². The van der Waals surface area contributed by atoms with Crippen LogP contribution in [-0.4, -0.2) is 40.0 Å². The van der Waals surface area contributed by atoms with E-state index in [2.05, 4.69) is 5.32 Å². The summed E-state index contributed by atoms with van der Waals surface area (Å²) < 4.78 is 5.37. The molecule has 1 heterocycles. The summed E-state index contributed by atoms with van der Waals surface area (Å²) in [6, 6.07) is 5.14. The SMILES string of the molecule is CC(NC(=O)C1CCCN1C(=O)OC(C)(C)C)c1ccc([N+](=O)[O-])cc1. The molecule has 0 aliphatic carbocycles.